The van der Waals surface area contributed by atoms with Gasteiger partial charge in [-0.05, 0) is 49.7 Å². The van der Waals surface area contributed by atoms with Crippen LogP contribution in [-0.2, 0) is 13.1 Å². The second-order valence-electron chi connectivity index (χ2n) is 7.76. The predicted octanol–water partition coefficient (Wildman–Crippen LogP) is 3.84. The highest BCUT2D eigenvalue weighted by atomic mass is 16.5. The first kappa shape index (κ1) is 19.1. The minimum Gasteiger partial charge on any atom is -0.480 e. The average Bonchev–Trinajstić information content (AvgIpc) is 3.49. The Labute approximate surface area is 180 Å². The van der Waals surface area contributed by atoms with Gasteiger partial charge in [0.2, 0.25) is 5.88 Å². The molecular weight excluding hydrogens is 390 g/mol. The normalized spacial score (nSPS) is 12.8. The molecule has 0 aliphatic carbocycles. The molecule has 4 heterocycles. The maximum Gasteiger partial charge on any atom is 0.260 e. The van der Waals surface area contributed by atoms with E-state index in [4.69, 9.17) is 9.84 Å². The Morgan fingerprint density at radius 2 is 1.87 bits per heavy atom. The molecule has 5 rings (SSSR count). The van der Waals surface area contributed by atoms with Crippen LogP contribution >= 0.6 is 0 Å². The SMILES string of the molecule is COc1ncccc1C(=O)N1Cc2nn(-c3ccc(C)cc3C)c(-n3cccc3)c2C1. The molecule has 156 valence electrons. The standard InChI is InChI=1S/C24H23N5O2/c1-16-8-9-21(17(2)13-16)29-23(27-11-4-5-12-27)19-14-28(15-20(19)26-29)24(30)18-7-6-10-25-22(18)31-3/h4-13H,14-15H2,1-3H3. The van der Waals surface area contributed by atoms with Crippen LogP contribution in [0.1, 0.15) is 32.7 Å². The Balaban J connectivity index is 1.56. The summed E-state index contributed by atoms with van der Waals surface area (Å²) in [7, 11) is 1.52. The van der Waals surface area contributed by atoms with Crippen molar-refractivity contribution in [1.29, 1.82) is 0 Å². The van der Waals surface area contributed by atoms with Crippen LogP contribution in [0, 0.1) is 13.8 Å². The van der Waals surface area contributed by atoms with E-state index >= 15 is 0 Å². The van der Waals surface area contributed by atoms with E-state index < -0.39 is 0 Å². The number of carbonyl (C=O) groups excluding carboxylic acids is 1. The first-order valence-electron chi connectivity index (χ1n) is 10.2. The van der Waals surface area contributed by atoms with E-state index in [9.17, 15) is 4.79 Å². The van der Waals surface area contributed by atoms with Gasteiger partial charge in [-0.2, -0.15) is 5.10 Å². The maximum atomic E-state index is 13.2. The lowest BCUT2D eigenvalue weighted by molar-refractivity contribution is 0.0745. The molecule has 1 aliphatic rings. The first-order chi connectivity index (χ1) is 15.1. The highest BCUT2D eigenvalue weighted by molar-refractivity contribution is 5.96. The van der Waals surface area contributed by atoms with Crippen molar-refractivity contribution < 1.29 is 9.53 Å². The number of fused-ring (bicyclic) bond motifs is 1. The van der Waals surface area contributed by atoms with Gasteiger partial charge < -0.3 is 14.2 Å². The average molecular weight is 413 g/mol. The zero-order chi connectivity index (χ0) is 21.5. The van der Waals surface area contributed by atoms with Gasteiger partial charge in [-0.1, -0.05) is 17.7 Å². The number of benzene rings is 1. The fraction of sp³-hybridized carbons (Fsp3) is 0.208. The predicted molar refractivity (Wildman–Crippen MR) is 117 cm³/mol. The van der Waals surface area contributed by atoms with Crippen LogP contribution in [-0.4, -0.2) is 37.2 Å². The van der Waals surface area contributed by atoms with E-state index in [1.54, 1.807) is 23.2 Å². The van der Waals surface area contributed by atoms with Gasteiger partial charge in [0.15, 0.2) is 0 Å². The number of amides is 1. The number of aryl methyl sites for hydroxylation is 2. The van der Waals surface area contributed by atoms with E-state index in [-0.39, 0.29) is 5.91 Å². The van der Waals surface area contributed by atoms with Crippen molar-refractivity contribution in [2.24, 2.45) is 0 Å². The van der Waals surface area contributed by atoms with E-state index in [1.165, 1.54) is 12.7 Å². The van der Waals surface area contributed by atoms with Crippen LogP contribution < -0.4 is 4.74 Å². The molecule has 0 bridgehead atoms. The van der Waals surface area contributed by atoms with Gasteiger partial charge in [0, 0.05) is 24.2 Å². The topological polar surface area (TPSA) is 65.2 Å². The number of carbonyl (C=O) groups is 1. The van der Waals surface area contributed by atoms with Crippen molar-refractivity contribution in [3.05, 3.63) is 89.0 Å². The summed E-state index contributed by atoms with van der Waals surface area (Å²) in [5, 5.41) is 4.93. The van der Waals surface area contributed by atoms with Crippen molar-refractivity contribution >= 4 is 5.91 Å². The van der Waals surface area contributed by atoms with Gasteiger partial charge in [-0.25, -0.2) is 9.67 Å². The molecule has 0 atom stereocenters. The third kappa shape index (κ3) is 3.18. The lowest BCUT2D eigenvalue weighted by Gasteiger charge is -2.19. The molecule has 0 N–H and O–H groups in total. The fourth-order valence-corrected chi connectivity index (χ4v) is 4.18. The van der Waals surface area contributed by atoms with Gasteiger partial charge in [0.1, 0.15) is 11.4 Å². The van der Waals surface area contributed by atoms with Crippen molar-refractivity contribution in [1.82, 2.24) is 24.2 Å². The zero-order valence-electron chi connectivity index (χ0n) is 17.7. The smallest absolute Gasteiger partial charge is 0.260 e. The molecule has 1 aromatic carbocycles. The number of hydrogen-bond donors (Lipinski definition) is 0. The third-order valence-corrected chi connectivity index (χ3v) is 5.64. The van der Waals surface area contributed by atoms with Crippen LogP contribution in [0.15, 0.2) is 61.1 Å². The number of aromatic nitrogens is 4. The summed E-state index contributed by atoms with van der Waals surface area (Å²) >= 11 is 0. The third-order valence-electron chi connectivity index (χ3n) is 5.64. The summed E-state index contributed by atoms with van der Waals surface area (Å²) in [5.74, 6) is 1.18. The van der Waals surface area contributed by atoms with Gasteiger partial charge in [0.25, 0.3) is 5.91 Å². The van der Waals surface area contributed by atoms with Gasteiger partial charge in [-0.15, -0.1) is 0 Å². The highest BCUT2D eigenvalue weighted by Gasteiger charge is 2.33. The van der Waals surface area contributed by atoms with E-state index in [2.05, 4.69) is 41.6 Å². The quantitative estimate of drug-likeness (QED) is 0.510. The Hall–Kier alpha value is -3.87. The van der Waals surface area contributed by atoms with Crippen LogP contribution in [0.3, 0.4) is 0 Å². The minimum atomic E-state index is -0.112. The Morgan fingerprint density at radius 1 is 1.06 bits per heavy atom. The van der Waals surface area contributed by atoms with Gasteiger partial charge in [-0.3, -0.25) is 4.79 Å². The number of ether oxygens (including phenoxy) is 1. The van der Waals surface area contributed by atoms with Crippen LogP contribution in [0.4, 0.5) is 0 Å². The molecule has 0 unspecified atom stereocenters. The maximum absolute atomic E-state index is 13.2. The zero-order valence-corrected chi connectivity index (χ0v) is 17.7. The highest BCUT2D eigenvalue weighted by Crippen LogP contribution is 2.33. The molecule has 4 aromatic rings. The van der Waals surface area contributed by atoms with Crippen molar-refractivity contribution in [2.45, 2.75) is 26.9 Å². The number of nitrogens with zero attached hydrogens (tertiary/aromatic N) is 5. The molecule has 7 heteroatoms. The monoisotopic (exact) mass is 413 g/mol. The molecule has 1 aliphatic heterocycles. The van der Waals surface area contributed by atoms with E-state index in [0.29, 0.717) is 24.5 Å². The second kappa shape index (κ2) is 7.43. The summed E-state index contributed by atoms with van der Waals surface area (Å²) in [6, 6.07) is 13.8. The minimum absolute atomic E-state index is 0.112. The molecule has 1 amide bonds. The first-order valence-corrected chi connectivity index (χ1v) is 10.2. The molecule has 0 saturated carbocycles. The number of hydrogen-bond acceptors (Lipinski definition) is 4. The van der Waals surface area contributed by atoms with E-state index in [1.807, 2.05) is 29.2 Å². The number of pyridine rings is 1. The lowest BCUT2D eigenvalue weighted by Crippen LogP contribution is -2.27. The lowest BCUT2D eigenvalue weighted by atomic mass is 10.1. The summed E-state index contributed by atoms with van der Waals surface area (Å²) in [6.07, 6.45) is 5.63. The summed E-state index contributed by atoms with van der Waals surface area (Å²) in [4.78, 5) is 19.2. The molecule has 31 heavy (non-hydrogen) atoms. The largest absolute Gasteiger partial charge is 0.480 e. The molecule has 0 radical (unpaired) electrons. The Bertz CT molecular complexity index is 1270. The summed E-state index contributed by atoms with van der Waals surface area (Å²) in [6.45, 7) is 5.10. The van der Waals surface area contributed by atoms with Crippen LogP contribution in [0.5, 0.6) is 5.88 Å². The molecule has 7 nitrogen and oxygen atoms in total. The summed E-state index contributed by atoms with van der Waals surface area (Å²) in [5.41, 5.74) is 5.82. The molecule has 0 spiro atoms. The number of rotatable bonds is 4. The summed E-state index contributed by atoms with van der Waals surface area (Å²) < 4.78 is 9.34. The van der Waals surface area contributed by atoms with Gasteiger partial charge in [0.05, 0.1) is 31.6 Å². The van der Waals surface area contributed by atoms with Crippen LogP contribution in [0.2, 0.25) is 0 Å². The van der Waals surface area contributed by atoms with Crippen molar-refractivity contribution in [2.75, 3.05) is 7.11 Å². The fourth-order valence-electron chi connectivity index (χ4n) is 4.18. The Kier molecular flexibility index (Phi) is 4.58. The molecule has 0 saturated heterocycles. The van der Waals surface area contributed by atoms with E-state index in [0.717, 1.165) is 28.3 Å². The second-order valence-corrected chi connectivity index (χ2v) is 7.76. The number of methoxy groups -OCH3 is 1. The Morgan fingerprint density at radius 3 is 2.61 bits per heavy atom. The molecule has 0 fully saturated rings. The van der Waals surface area contributed by atoms with Crippen molar-refractivity contribution in [3.8, 4) is 17.4 Å². The van der Waals surface area contributed by atoms with Gasteiger partial charge >= 0.3 is 0 Å². The van der Waals surface area contributed by atoms with Crippen molar-refractivity contribution in [3.63, 3.8) is 0 Å². The van der Waals surface area contributed by atoms with Crippen LogP contribution in [0.25, 0.3) is 11.5 Å². The molecular formula is C24H23N5O2. The molecule has 3 aromatic heterocycles.